The van der Waals surface area contributed by atoms with E-state index < -0.39 is 0 Å². The van der Waals surface area contributed by atoms with Crippen LogP contribution >= 0.6 is 0 Å². The fraction of sp³-hybridized carbons (Fsp3) is 0.632. The summed E-state index contributed by atoms with van der Waals surface area (Å²) in [5.41, 5.74) is 0.782. The summed E-state index contributed by atoms with van der Waals surface area (Å²) in [7, 11) is 0. The quantitative estimate of drug-likeness (QED) is 0.656. The molecule has 1 aromatic carbocycles. The van der Waals surface area contributed by atoms with Gasteiger partial charge >= 0.3 is 0 Å². The average Bonchev–Trinajstić information content (AvgIpc) is 2.52. The molecule has 0 radical (unpaired) electrons. The molecule has 1 aliphatic rings. The first-order valence-electron chi connectivity index (χ1n) is 8.75. The lowest BCUT2D eigenvalue weighted by Gasteiger charge is -2.37. The monoisotopic (exact) mass is 335 g/mol. The molecule has 1 saturated heterocycles. The van der Waals surface area contributed by atoms with E-state index in [1.807, 2.05) is 6.07 Å². The number of rotatable bonds is 4. The minimum atomic E-state index is -0.193. The smallest absolute Gasteiger partial charge is 0.191 e. The van der Waals surface area contributed by atoms with E-state index in [9.17, 15) is 4.39 Å². The Labute approximate surface area is 144 Å². The second kappa shape index (κ2) is 7.97. The van der Waals surface area contributed by atoms with Gasteiger partial charge in [-0.15, -0.1) is 0 Å². The molecule has 4 nitrogen and oxygen atoms in total. The van der Waals surface area contributed by atoms with Gasteiger partial charge in [0.1, 0.15) is 5.82 Å². The number of nitrogens with zero attached hydrogens (tertiary/aromatic N) is 1. The minimum Gasteiger partial charge on any atom is -0.381 e. The van der Waals surface area contributed by atoms with Crippen LogP contribution in [0.4, 0.5) is 4.39 Å². The van der Waals surface area contributed by atoms with E-state index in [1.165, 1.54) is 6.07 Å². The number of aliphatic imine (C=N–C) groups is 1. The summed E-state index contributed by atoms with van der Waals surface area (Å²) in [6.07, 6.45) is 1.71. The normalized spacial score (nSPS) is 18.3. The van der Waals surface area contributed by atoms with Gasteiger partial charge in [-0.05, 0) is 58.2 Å². The molecule has 1 aromatic rings. The van der Waals surface area contributed by atoms with Crippen molar-refractivity contribution in [1.82, 2.24) is 10.6 Å². The molecule has 1 fully saturated rings. The molecule has 2 N–H and O–H groups in total. The highest BCUT2D eigenvalue weighted by Crippen LogP contribution is 2.35. The maximum absolute atomic E-state index is 13.7. The van der Waals surface area contributed by atoms with Gasteiger partial charge in [-0.3, -0.25) is 4.99 Å². The molecule has 134 valence electrons. The Morgan fingerprint density at radius 3 is 2.58 bits per heavy atom. The third-order valence-corrected chi connectivity index (χ3v) is 4.26. The fourth-order valence-electron chi connectivity index (χ4n) is 3.01. The topological polar surface area (TPSA) is 45.7 Å². The molecular formula is C19H30FN3O. The molecule has 0 amide bonds. The molecule has 0 spiro atoms. The summed E-state index contributed by atoms with van der Waals surface area (Å²) in [6, 6.07) is 6.92. The van der Waals surface area contributed by atoms with Crippen LogP contribution in [0.2, 0.25) is 0 Å². The number of guanidine groups is 1. The zero-order chi connectivity index (χ0) is 17.6. The molecular weight excluding hydrogens is 305 g/mol. The first-order valence-corrected chi connectivity index (χ1v) is 8.75. The highest BCUT2D eigenvalue weighted by atomic mass is 19.1. The molecule has 24 heavy (non-hydrogen) atoms. The molecule has 5 heteroatoms. The molecule has 0 unspecified atom stereocenters. The number of hydrogen-bond acceptors (Lipinski definition) is 2. The Morgan fingerprint density at radius 2 is 2.00 bits per heavy atom. The van der Waals surface area contributed by atoms with Crippen LogP contribution in [0.3, 0.4) is 0 Å². The zero-order valence-corrected chi connectivity index (χ0v) is 15.3. The van der Waals surface area contributed by atoms with Crippen LogP contribution in [0.5, 0.6) is 0 Å². The number of ether oxygens (including phenoxy) is 1. The highest BCUT2D eigenvalue weighted by molar-refractivity contribution is 5.80. The van der Waals surface area contributed by atoms with Crippen LogP contribution in [0.1, 0.15) is 46.1 Å². The van der Waals surface area contributed by atoms with Crippen molar-refractivity contribution >= 4 is 5.96 Å². The lowest BCUT2D eigenvalue weighted by Crippen LogP contribution is -2.48. The third-order valence-electron chi connectivity index (χ3n) is 4.26. The lowest BCUT2D eigenvalue weighted by atomic mass is 9.74. The summed E-state index contributed by atoms with van der Waals surface area (Å²) in [5, 5.41) is 6.70. The summed E-state index contributed by atoms with van der Waals surface area (Å²) in [4.78, 5) is 4.82. The van der Waals surface area contributed by atoms with E-state index in [0.29, 0.717) is 19.8 Å². The van der Waals surface area contributed by atoms with Gasteiger partial charge in [-0.25, -0.2) is 4.39 Å². The van der Waals surface area contributed by atoms with Crippen molar-refractivity contribution in [2.75, 3.05) is 26.3 Å². The van der Waals surface area contributed by atoms with E-state index >= 15 is 0 Å². The van der Waals surface area contributed by atoms with Crippen LogP contribution in [-0.2, 0) is 10.2 Å². The zero-order valence-electron chi connectivity index (χ0n) is 15.3. The van der Waals surface area contributed by atoms with Gasteiger partial charge in [0.2, 0.25) is 0 Å². The highest BCUT2D eigenvalue weighted by Gasteiger charge is 2.35. The SMILES string of the molecule is CCNC(=NCC1(c2cccc(F)c2)CCOCC1)NC(C)(C)C. The van der Waals surface area contributed by atoms with Crippen molar-refractivity contribution in [2.24, 2.45) is 4.99 Å². The number of halogens is 1. The van der Waals surface area contributed by atoms with Crippen LogP contribution < -0.4 is 10.6 Å². The van der Waals surface area contributed by atoms with E-state index in [0.717, 1.165) is 30.9 Å². The van der Waals surface area contributed by atoms with Gasteiger partial charge in [0, 0.05) is 30.7 Å². The number of nitrogens with one attached hydrogen (secondary N) is 2. The molecule has 2 rings (SSSR count). The first-order chi connectivity index (χ1) is 11.3. The van der Waals surface area contributed by atoms with Gasteiger partial charge < -0.3 is 15.4 Å². The van der Waals surface area contributed by atoms with Crippen LogP contribution in [-0.4, -0.2) is 37.8 Å². The maximum Gasteiger partial charge on any atom is 0.191 e. The van der Waals surface area contributed by atoms with E-state index in [2.05, 4.69) is 38.3 Å². The predicted octanol–water partition coefficient (Wildman–Crippen LogP) is 3.23. The van der Waals surface area contributed by atoms with Gasteiger partial charge in [-0.2, -0.15) is 0 Å². The summed E-state index contributed by atoms with van der Waals surface area (Å²) in [6.45, 7) is 11.2. The van der Waals surface area contributed by atoms with Gasteiger partial charge in [0.15, 0.2) is 5.96 Å². The Bertz CT molecular complexity index is 560. The number of hydrogen-bond donors (Lipinski definition) is 2. The third kappa shape index (κ3) is 5.20. The largest absolute Gasteiger partial charge is 0.381 e. The van der Waals surface area contributed by atoms with E-state index in [1.54, 1.807) is 12.1 Å². The minimum absolute atomic E-state index is 0.0668. The van der Waals surface area contributed by atoms with E-state index in [4.69, 9.17) is 9.73 Å². The Kier molecular flexibility index (Phi) is 6.21. The molecule has 1 aliphatic heterocycles. The fourth-order valence-corrected chi connectivity index (χ4v) is 3.01. The Hall–Kier alpha value is -1.62. The summed E-state index contributed by atoms with van der Waals surface area (Å²) in [5.74, 6) is 0.606. The van der Waals surface area contributed by atoms with Gasteiger partial charge in [0.05, 0.1) is 6.54 Å². The molecule has 0 atom stereocenters. The van der Waals surface area contributed by atoms with Crippen LogP contribution in [0, 0.1) is 5.82 Å². The van der Waals surface area contributed by atoms with Crippen molar-refractivity contribution in [1.29, 1.82) is 0 Å². The predicted molar refractivity (Wildman–Crippen MR) is 97.0 cm³/mol. The van der Waals surface area contributed by atoms with Crippen LogP contribution in [0.15, 0.2) is 29.3 Å². The first kappa shape index (κ1) is 18.7. The van der Waals surface area contributed by atoms with Crippen LogP contribution in [0.25, 0.3) is 0 Å². The molecule has 0 aromatic heterocycles. The van der Waals surface area contributed by atoms with Crippen molar-refractivity contribution < 1.29 is 9.13 Å². The van der Waals surface area contributed by atoms with Gasteiger partial charge in [-0.1, -0.05) is 12.1 Å². The molecule has 0 bridgehead atoms. The van der Waals surface area contributed by atoms with Crippen molar-refractivity contribution in [3.05, 3.63) is 35.6 Å². The van der Waals surface area contributed by atoms with Crippen molar-refractivity contribution in [3.8, 4) is 0 Å². The molecule has 0 aliphatic carbocycles. The Morgan fingerprint density at radius 1 is 1.29 bits per heavy atom. The van der Waals surface area contributed by atoms with E-state index in [-0.39, 0.29) is 16.8 Å². The lowest BCUT2D eigenvalue weighted by molar-refractivity contribution is 0.0530. The number of benzene rings is 1. The second-order valence-electron chi connectivity index (χ2n) is 7.47. The standard InChI is InChI=1S/C19H30FN3O/c1-5-21-17(23-18(2,3)4)22-14-19(9-11-24-12-10-19)15-7-6-8-16(20)13-15/h6-8,13H,5,9-12,14H2,1-4H3,(H2,21,22,23). The summed E-state index contributed by atoms with van der Waals surface area (Å²) >= 11 is 0. The second-order valence-corrected chi connectivity index (χ2v) is 7.47. The van der Waals surface area contributed by atoms with Crippen molar-refractivity contribution in [3.63, 3.8) is 0 Å². The molecule has 0 saturated carbocycles. The summed E-state index contributed by atoms with van der Waals surface area (Å²) < 4.78 is 19.3. The average molecular weight is 335 g/mol. The maximum atomic E-state index is 13.7. The molecule has 1 heterocycles. The Balaban J connectivity index is 2.26. The van der Waals surface area contributed by atoms with Crippen molar-refractivity contribution in [2.45, 2.75) is 51.5 Å². The van der Waals surface area contributed by atoms with Gasteiger partial charge in [0.25, 0.3) is 0 Å².